The van der Waals surface area contributed by atoms with E-state index in [0.29, 0.717) is 35.5 Å². The normalized spacial score (nSPS) is 13.2. The maximum atomic E-state index is 12.7. The summed E-state index contributed by atoms with van der Waals surface area (Å²) in [7, 11) is 1.28. The van der Waals surface area contributed by atoms with Gasteiger partial charge < -0.3 is 9.64 Å². The van der Waals surface area contributed by atoms with Crippen molar-refractivity contribution in [3.05, 3.63) is 51.5 Å². The zero-order valence-electron chi connectivity index (χ0n) is 15.0. The van der Waals surface area contributed by atoms with E-state index in [-0.39, 0.29) is 18.0 Å². The van der Waals surface area contributed by atoms with Gasteiger partial charge in [-0.3, -0.25) is 19.5 Å². The van der Waals surface area contributed by atoms with E-state index >= 15 is 0 Å². The maximum absolute atomic E-state index is 12.7. The number of ether oxygens (including phenoxy) is 1. The molecule has 3 heterocycles. The lowest BCUT2D eigenvalue weighted by Gasteiger charge is -2.26. The lowest BCUT2D eigenvalue weighted by molar-refractivity contribution is -0.132. The molecule has 2 aromatic heterocycles. The van der Waals surface area contributed by atoms with E-state index < -0.39 is 6.09 Å². The first kappa shape index (κ1) is 18.1. The summed E-state index contributed by atoms with van der Waals surface area (Å²) >= 11 is 1.31. The zero-order valence-corrected chi connectivity index (χ0v) is 15.9. The fourth-order valence-electron chi connectivity index (χ4n) is 3.06. The fourth-order valence-corrected chi connectivity index (χ4v) is 4.07. The Bertz CT molecular complexity index is 1120. The molecule has 0 saturated heterocycles. The van der Waals surface area contributed by atoms with Crippen molar-refractivity contribution in [2.75, 3.05) is 19.0 Å². The van der Waals surface area contributed by atoms with Crippen LogP contribution in [0.1, 0.15) is 10.6 Å². The fraction of sp³-hybridized carbons (Fsp3) is 0.278. The van der Waals surface area contributed by atoms with E-state index in [4.69, 9.17) is 0 Å². The number of para-hydroxylation sites is 1. The van der Waals surface area contributed by atoms with E-state index in [1.807, 2.05) is 6.07 Å². The molecule has 1 N–H and O–H groups in total. The molecule has 10 heteroatoms. The van der Waals surface area contributed by atoms with Crippen molar-refractivity contribution in [2.45, 2.75) is 19.5 Å². The molecule has 0 fully saturated rings. The number of nitrogens with zero attached hydrogens (tertiary/aromatic N) is 4. The van der Waals surface area contributed by atoms with E-state index in [9.17, 15) is 14.4 Å². The summed E-state index contributed by atoms with van der Waals surface area (Å²) in [5, 5.41) is 3.48. The summed E-state index contributed by atoms with van der Waals surface area (Å²) in [4.78, 5) is 47.8. The number of carbonyl (C=O) groups excluding carboxylic acids is 2. The number of carbonyl (C=O) groups is 2. The highest BCUT2D eigenvalue weighted by molar-refractivity contribution is 7.15. The molecule has 1 aliphatic rings. The number of thiazole rings is 1. The molecule has 0 saturated carbocycles. The Morgan fingerprint density at radius 2 is 2.14 bits per heavy atom. The summed E-state index contributed by atoms with van der Waals surface area (Å²) in [6.07, 6.45) is 1.41. The molecular weight excluding hydrogens is 382 g/mol. The van der Waals surface area contributed by atoms with Gasteiger partial charge in [0.15, 0.2) is 5.13 Å². The third-order valence-corrected chi connectivity index (χ3v) is 5.51. The number of nitrogens with one attached hydrogen (secondary N) is 1. The minimum absolute atomic E-state index is 0.0714. The first-order valence-electron chi connectivity index (χ1n) is 8.60. The molecule has 0 atom stereocenters. The number of methoxy groups -OCH3 is 1. The number of rotatable bonds is 3. The van der Waals surface area contributed by atoms with E-state index in [0.717, 1.165) is 10.6 Å². The number of anilines is 1. The lowest BCUT2D eigenvalue weighted by Crippen LogP contribution is -2.39. The van der Waals surface area contributed by atoms with E-state index in [1.165, 1.54) is 29.3 Å². The van der Waals surface area contributed by atoms with Gasteiger partial charge in [-0.25, -0.2) is 14.8 Å². The molecule has 0 aliphatic carbocycles. The quantitative estimate of drug-likeness (QED) is 0.717. The molecule has 144 valence electrons. The summed E-state index contributed by atoms with van der Waals surface area (Å²) in [6.45, 7) is 0.825. The van der Waals surface area contributed by atoms with E-state index in [2.05, 4.69) is 20.0 Å². The molecule has 9 nitrogen and oxygen atoms in total. The second-order valence-electron chi connectivity index (χ2n) is 6.27. The molecular formula is C18H17N5O4S. The van der Waals surface area contributed by atoms with Crippen LogP contribution in [0, 0.1) is 0 Å². The minimum atomic E-state index is -0.581. The third kappa shape index (κ3) is 3.46. The Hall–Kier alpha value is -3.27. The van der Waals surface area contributed by atoms with Crippen LogP contribution in [0.15, 0.2) is 35.4 Å². The van der Waals surface area contributed by atoms with E-state index in [1.54, 1.807) is 23.1 Å². The number of hydrogen-bond acceptors (Lipinski definition) is 7. The van der Waals surface area contributed by atoms with Crippen LogP contribution in [0.4, 0.5) is 9.93 Å². The smallest absolute Gasteiger partial charge is 0.413 e. The van der Waals surface area contributed by atoms with Crippen molar-refractivity contribution in [3.8, 4) is 0 Å². The second kappa shape index (κ2) is 7.39. The molecule has 0 spiro atoms. The van der Waals surface area contributed by atoms with Gasteiger partial charge in [0.25, 0.3) is 5.56 Å². The molecule has 0 bridgehead atoms. The Morgan fingerprint density at radius 1 is 1.32 bits per heavy atom. The van der Waals surface area contributed by atoms with Crippen LogP contribution in [0.5, 0.6) is 0 Å². The van der Waals surface area contributed by atoms with Gasteiger partial charge in [0.1, 0.15) is 6.54 Å². The molecule has 1 aromatic carbocycles. The maximum Gasteiger partial charge on any atom is 0.413 e. The van der Waals surface area contributed by atoms with Crippen molar-refractivity contribution in [1.29, 1.82) is 0 Å². The highest BCUT2D eigenvalue weighted by Gasteiger charge is 2.25. The van der Waals surface area contributed by atoms with Crippen LogP contribution in [-0.2, 0) is 29.0 Å². The van der Waals surface area contributed by atoms with Crippen molar-refractivity contribution >= 4 is 39.4 Å². The molecule has 0 radical (unpaired) electrons. The van der Waals surface area contributed by atoms with Crippen molar-refractivity contribution in [2.24, 2.45) is 0 Å². The van der Waals surface area contributed by atoms with Crippen LogP contribution in [0.2, 0.25) is 0 Å². The summed E-state index contributed by atoms with van der Waals surface area (Å²) in [5.41, 5.74) is 1.23. The summed E-state index contributed by atoms with van der Waals surface area (Å²) in [6, 6.07) is 7.05. The highest BCUT2D eigenvalue weighted by Crippen LogP contribution is 2.28. The van der Waals surface area contributed by atoms with Gasteiger partial charge in [-0.05, 0) is 12.1 Å². The predicted molar refractivity (Wildman–Crippen MR) is 103 cm³/mol. The van der Waals surface area contributed by atoms with Gasteiger partial charge >= 0.3 is 6.09 Å². The van der Waals surface area contributed by atoms with Crippen molar-refractivity contribution in [3.63, 3.8) is 0 Å². The first-order chi connectivity index (χ1) is 13.5. The average molecular weight is 399 g/mol. The predicted octanol–water partition coefficient (Wildman–Crippen LogP) is 1.62. The Labute approximate surface area is 163 Å². The molecule has 2 amide bonds. The lowest BCUT2D eigenvalue weighted by atomic mass is 10.2. The molecule has 4 rings (SSSR count). The van der Waals surface area contributed by atoms with Crippen LogP contribution < -0.4 is 10.9 Å². The average Bonchev–Trinajstić information content (AvgIpc) is 3.11. The molecule has 3 aromatic rings. The van der Waals surface area contributed by atoms with Crippen LogP contribution in [0.3, 0.4) is 0 Å². The number of hydrogen-bond donors (Lipinski definition) is 1. The van der Waals surface area contributed by atoms with Gasteiger partial charge in [0.05, 0.1) is 36.6 Å². The van der Waals surface area contributed by atoms with Gasteiger partial charge in [-0.1, -0.05) is 23.5 Å². The monoisotopic (exact) mass is 399 g/mol. The van der Waals surface area contributed by atoms with Crippen molar-refractivity contribution < 1.29 is 14.3 Å². The number of aromatic nitrogens is 3. The van der Waals surface area contributed by atoms with Crippen LogP contribution in [-0.4, -0.2) is 45.1 Å². The Kier molecular flexibility index (Phi) is 4.78. The summed E-state index contributed by atoms with van der Waals surface area (Å²) in [5.74, 6) is -0.166. The van der Waals surface area contributed by atoms with Gasteiger partial charge in [-0.15, -0.1) is 0 Å². The van der Waals surface area contributed by atoms with Gasteiger partial charge in [0.2, 0.25) is 5.91 Å². The third-order valence-electron chi connectivity index (χ3n) is 4.52. The zero-order chi connectivity index (χ0) is 19.7. The second-order valence-corrected chi connectivity index (χ2v) is 7.35. The number of benzene rings is 1. The summed E-state index contributed by atoms with van der Waals surface area (Å²) < 4.78 is 5.90. The van der Waals surface area contributed by atoms with Gasteiger partial charge in [-0.2, -0.15) is 0 Å². The van der Waals surface area contributed by atoms with Crippen molar-refractivity contribution in [1.82, 2.24) is 19.4 Å². The van der Waals surface area contributed by atoms with Crippen LogP contribution >= 0.6 is 11.3 Å². The number of amides is 2. The van der Waals surface area contributed by atoms with Gasteiger partial charge in [0, 0.05) is 17.8 Å². The number of fused-ring (bicyclic) bond motifs is 2. The molecule has 0 unspecified atom stereocenters. The molecule has 1 aliphatic heterocycles. The molecule has 28 heavy (non-hydrogen) atoms. The largest absolute Gasteiger partial charge is 0.453 e. The minimum Gasteiger partial charge on any atom is -0.453 e. The SMILES string of the molecule is COC(=O)Nc1nc2c(s1)CN(C(=O)Cn1cnc3ccccc3c1=O)CC2. The standard InChI is InChI=1S/C18H17N5O4S/c1-27-18(26)21-17-20-13-6-7-22(8-14(13)28-17)15(24)9-23-10-19-12-5-3-2-4-11(12)16(23)25/h2-5,10H,6-9H2,1H3,(H,20,21,26). The Balaban J connectivity index is 1.49. The highest BCUT2D eigenvalue weighted by atomic mass is 32.1. The first-order valence-corrected chi connectivity index (χ1v) is 9.42. The Morgan fingerprint density at radius 3 is 2.96 bits per heavy atom. The van der Waals surface area contributed by atoms with Crippen LogP contribution in [0.25, 0.3) is 10.9 Å². The topological polar surface area (TPSA) is 106 Å².